The summed E-state index contributed by atoms with van der Waals surface area (Å²) in [6.07, 6.45) is 4.73. The van der Waals surface area contributed by atoms with Crippen molar-refractivity contribution < 1.29 is 14.3 Å². The van der Waals surface area contributed by atoms with E-state index in [-0.39, 0.29) is 17.9 Å². The Labute approximate surface area is 207 Å². The average Bonchev–Trinajstić information content (AvgIpc) is 3.37. The minimum absolute atomic E-state index is 0.0134. The van der Waals surface area contributed by atoms with Gasteiger partial charge in [-0.3, -0.25) is 14.5 Å². The van der Waals surface area contributed by atoms with Gasteiger partial charge in [-0.25, -0.2) is 0 Å². The van der Waals surface area contributed by atoms with E-state index in [4.69, 9.17) is 4.74 Å². The second kappa shape index (κ2) is 11.5. The number of methoxy groups -OCH3 is 1. The quantitative estimate of drug-likeness (QED) is 0.536. The maximum absolute atomic E-state index is 13.7. The summed E-state index contributed by atoms with van der Waals surface area (Å²) >= 11 is 1.59. The molecule has 4 rings (SSSR count). The van der Waals surface area contributed by atoms with Crippen LogP contribution in [0, 0.1) is 0 Å². The zero-order valence-corrected chi connectivity index (χ0v) is 21.4. The number of rotatable bonds is 9. The smallest absolute Gasteiger partial charge is 0.254 e. The molecule has 0 saturated carbocycles. The van der Waals surface area contributed by atoms with Gasteiger partial charge in [0, 0.05) is 49.3 Å². The lowest BCUT2D eigenvalue weighted by Crippen LogP contribution is -2.48. The van der Waals surface area contributed by atoms with Crippen LogP contribution in [0.3, 0.4) is 0 Å². The highest BCUT2D eigenvalue weighted by Crippen LogP contribution is 2.44. The van der Waals surface area contributed by atoms with Crippen LogP contribution in [0.2, 0.25) is 0 Å². The number of ether oxygens (including phenoxy) is 1. The molecule has 1 saturated heterocycles. The summed E-state index contributed by atoms with van der Waals surface area (Å²) in [7, 11) is 1.64. The van der Waals surface area contributed by atoms with E-state index < -0.39 is 5.92 Å². The third-order valence-corrected chi connectivity index (χ3v) is 8.30. The second-order valence-electron chi connectivity index (χ2n) is 9.53. The summed E-state index contributed by atoms with van der Waals surface area (Å²) in [6, 6.07) is 12.4. The summed E-state index contributed by atoms with van der Waals surface area (Å²) in [4.78, 5) is 32.5. The molecule has 3 heterocycles. The van der Waals surface area contributed by atoms with E-state index >= 15 is 0 Å². The number of carbonyl (C=O) groups is 2. The van der Waals surface area contributed by atoms with Crippen molar-refractivity contribution in [1.82, 2.24) is 15.1 Å². The van der Waals surface area contributed by atoms with Gasteiger partial charge in [-0.1, -0.05) is 30.7 Å². The minimum Gasteiger partial charge on any atom is -0.383 e. The summed E-state index contributed by atoms with van der Waals surface area (Å²) in [6.45, 7) is 7.12. The van der Waals surface area contributed by atoms with Gasteiger partial charge in [0.2, 0.25) is 5.91 Å². The topological polar surface area (TPSA) is 61.9 Å². The number of hydrogen-bond acceptors (Lipinski definition) is 5. The maximum Gasteiger partial charge on any atom is 0.254 e. The number of piperidine rings is 1. The van der Waals surface area contributed by atoms with Gasteiger partial charge in [0.25, 0.3) is 5.91 Å². The molecule has 4 atom stereocenters. The lowest BCUT2D eigenvalue weighted by molar-refractivity contribution is -0.124. The van der Waals surface area contributed by atoms with Crippen molar-refractivity contribution in [2.75, 3.05) is 33.4 Å². The Kier molecular flexibility index (Phi) is 8.40. The third-order valence-electron chi connectivity index (χ3n) is 7.36. The largest absolute Gasteiger partial charge is 0.383 e. The number of thiophene rings is 1. The Hall–Kier alpha value is -2.22. The molecule has 184 valence electrons. The van der Waals surface area contributed by atoms with Crippen LogP contribution >= 0.6 is 11.3 Å². The highest BCUT2D eigenvalue weighted by Gasteiger charge is 2.44. The van der Waals surface area contributed by atoms with Crippen molar-refractivity contribution in [3.8, 4) is 0 Å². The Balaban J connectivity index is 1.53. The first-order valence-electron chi connectivity index (χ1n) is 12.5. The molecule has 2 aliphatic heterocycles. The molecule has 34 heavy (non-hydrogen) atoms. The van der Waals surface area contributed by atoms with Crippen molar-refractivity contribution in [1.29, 1.82) is 0 Å². The van der Waals surface area contributed by atoms with E-state index in [1.807, 2.05) is 46.7 Å². The number of nitrogens with zero attached hydrogens (tertiary/aromatic N) is 2. The van der Waals surface area contributed by atoms with Gasteiger partial charge < -0.3 is 15.0 Å². The number of benzene rings is 1. The third kappa shape index (κ3) is 5.21. The molecule has 0 spiro atoms. The molecular formula is C27H37N3O3S. The predicted molar refractivity (Wildman–Crippen MR) is 136 cm³/mol. The maximum atomic E-state index is 13.7. The molecule has 0 radical (unpaired) electrons. The highest BCUT2D eigenvalue weighted by molar-refractivity contribution is 7.10. The molecule has 2 aliphatic rings. The van der Waals surface area contributed by atoms with Crippen LogP contribution in [-0.2, 0) is 9.53 Å². The molecule has 1 fully saturated rings. The molecule has 1 aromatic heterocycles. The fraction of sp³-hybridized carbons (Fsp3) is 0.556. The summed E-state index contributed by atoms with van der Waals surface area (Å²) in [5.41, 5.74) is 1.43. The number of hydrogen-bond donors (Lipinski definition) is 1. The molecule has 1 N–H and O–H groups in total. The molecule has 0 aliphatic carbocycles. The van der Waals surface area contributed by atoms with Gasteiger partial charge in [0.1, 0.15) is 0 Å². The van der Waals surface area contributed by atoms with Crippen molar-refractivity contribution in [2.45, 2.75) is 63.6 Å². The monoisotopic (exact) mass is 483 g/mol. The van der Waals surface area contributed by atoms with Crippen molar-refractivity contribution in [3.05, 3.63) is 57.8 Å². The van der Waals surface area contributed by atoms with Gasteiger partial charge >= 0.3 is 0 Å². The molecule has 0 unspecified atom stereocenters. The van der Waals surface area contributed by atoms with Crippen molar-refractivity contribution in [3.63, 3.8) is 0 Å². The number of nitrogens with one attached hydrogen (secondary N) is 1. The van der Waals surface area contributed by atoms with Crippen LogP contribution in [0.5, 0.6) is 0 Å². The molecule has 2 aromatic rings. The average molecular weight is 484 g/mol. The van der Waals surface area contributed by atoms with Gasteiger partial charge in [-0.05, 0) is 56.2 Å². The SMILES string of the molecule is COCCN1C(=O)c2ccccc2[C@H](C(=O)NCCCN2[C@H](C)CCC[C@@H]2C)[C@H]1c1cccs1. The first kappa shape index (κ1) is 24.9. The van der Waals surface area contributed by atoms with E-state index in [0.717, 1.165) is 23.4 Å². The van der Waals surface area contributed by atoms with E-state index in [9.17, 15) is 9.59 Å². The van der Waals surface area contributed by atoms with E-state index in [0.29, 0.717) is 37.3 Å². The Morgan fingerprint density at radius 3 is 2.59 bits per heavy atom. The Morgan fingerprint density at radius 1 is 1.12 bits per heavy atom. The molecule has 2 amide bonds. The number of fused-ring (bicyclic) bond motifs is 1. The molecule has 6 nitrogen and oxygen atoms in total. The summed E-state index contributed by atoms with van der Waals surface area (Å²) < 4.78 is 5.30. The van der Waals surface area contributed by atoms with E-state index in [2.05, 4.69) is 24.1 Å². The zero-order valence-electron chi connectivity index (χ0n) is 20.5. The van der Waals surface area contributed by atoms with Crippen molar-refractivity contribution in [2.24, 2.45) is 0 Å². The van der Waals surface area contributed by atoms with Gasteiger partial charge in [-0.2, -0.15) is 0 Å². The summed E-state index contributed by atoms with van der Waals surface area (Å²) in [5.74, 6) is -0.499. The number of likely N-dealkylation sites (tertiary alicyclic amines) is 1. The lowest BCUT2D eigenvalue weighted by atomic mass is 9.81. The first-order valence-corrected chi connectivity index (χ1v) is 13.4. The van der Waals surface area contributed by atoms with Gasteiger partial charge in [-0.15, -0.1) is 11.3 Å². The molecular weight excluding hydrogens is 446 g/mol. The fourth-order valence-electron chi connectivity index (χ4n) is 5.59. The van der Waals surface area contributed by atoms with Crippen LogP contribution in [0.25, 0.3) is 0 Å². The zero-order chi connectivity index (χ0) is 24.1. The summed E-state index contributed by atoms with van der Waals surface area (Å²) in [5, 5.41) is 5.22. The van der Waals surface area contributed by atoms with Crippen LogP contribution in [-0.4, -0.2) is 67.0 Å². The first-order chi connectivity index (χ1) is 16.5. The van der Waals surface area contributed by atoms with Crippen molar-refractivity contribution >= 4 is 23.2 Å². The molecule has 7 heteroatoms. The normalized spacial score (nSPS) is 25.3. The highest BCUT2D eigenvalue weighted by atomic mass is 32.1. The van der Waals surface area contributed by atoms with Crippen LogP contribution < -0.4 is 5.32 Å². The number of amides is 2. The van der Waals surface area contributed by atoms with Crippen LogP contribution in [0.15, 0.2) is 41.8 Å². The minimum atomic E-state index is -0.447. The fourth-order valence-corrected chi connectivity index (χ4v) is 6.46. The molecule has 0 bridgehead atoms. The molecule has 1 aromatic carbocycles. The lowest BCUT2D eigenvalue weighted by Gasteiger charge is -2.41. The number of carbonyl (C=O) groups excluding carboxylic acids is 2. The van der Waals surface area contributed by atoms with Crippen LogP contribution in [0.1, 0.15) is 72.3 Å². The van der Waals surface area contributed by atoms with E-state index in [1.165, 1.54) is 19.3 Å². The van der Waals surface area contributed by atoms with Gasteiger partial charge in [0.05, 0.1) is 18.6 Å². The second-order valence-corrected chi connectivity index (χ2v) is 10.5. The Morgan fingerprint density at radius 2 is 1.88 bits per heavy atom. The Bertz CT molecular complexity index is 954. The van der Waals surface area contributed by atoms with Gasteiger partial charge in [0.15, 0.2) is 0 Å². The standard InChI is InChI=1S/C27H37N3O3S/c1-19-9-6-10-20(2)29(19)15-8-14-28-26(31)24-21-11-4-5-12-22(21)27(32)30(16-17-33-3)25(24)23-13-7-18-34-23/h4-5,7,11-13,18-20,24-25H,6,8-10,14-17H2,1-3H3,(H,28,31)/t19-,20+,24-,25+/m0/s1. The van der Waals surface area contributed by atoms with Crippen LogP contribution in [0.4, 0.5) is 0 Å². The predicted octanol–water partition coefficient (Wildman–Crippen LogP) is 4.44. The van der Waals surface area contributed by atoms with E-state index in [1.54, 1.807) is 18.4 Å².